The number of carbonyl (C=O) groups is 2. The highest BCUT2D eigenvalue weighted by Gasteiger charge is 2.22. The van der Waals surface area contributed by atoms with Crippen molar-refractivity contribution in [3.8, 4) is 0 Å². The molecule has 1 aliphatic rings. The van der Waals surface area contributed by atoms with Gasteiger partial charge in [-0.1, -0.05) is 37.4 Å². The second-order valence-corrected chi connectivity index (χ2v) is 7.70. The van der Waals surface area contributed by atoms with Crippen LogP contribution in [-0.2, 0) is 27.8 Å². The van der Waals surface area contributed by atoms with E-state index in [9.17, 15) is 9.59 Å². The van der Waals surface area contributed by atoms with Crippen molar-refractivity contribution < 1.29 is 14.3 Å². The maximum Gasteiger partial charge on any atom is 0.313 e. The van der Waals surface area contributed by atoms with E-state index in [2.05, 4.69) is 15.5 Å². The Balaban J connectivity index is 1.88. The van der Waals surface area contributed by atoms with Crippen LogP contribution in [0.4, 0.5) is 0 Å². The zero-order valence-corrected chi connectivity index (χ0v) is 16.1. The molecular weight excluding hydrogens is 340 g/mol. The molecule has 1 aromatic rings. The van der Waals surface area contributed by atoms with Crippen LogP contribution >= 0.6 is 11.8 Å². The Morgan fingerprint density at radius 2 is 1.96 bits per heavy atom. The normalized spacial score (nSPS) is 16.9. The fourth-order valence-electron chi connectivity index (χ4n) is 2.90. The van der Waals surface area contributed by atoms with Crippen molar-refractivity contribution in [3.63, 3.8) is 0 Å². The van der Waals surface area contributed by atoms with Crippen LogP contribution in [0.15, 0.2) is 5.16 Å². The van der Waals surface area contributed by atoms with Gasteiger partial charge in [0, 0.05) is 13.1 Å². The fraction of sp³-hybridized carbons (Fsp3) is 0.765. The Morgan fingerprint density at radius 3 is 2.60 bits per heavy atom. The highest BCUT2D eigenvalue weighted by atomic mass is 32.2. The highest BCUT2D eigenvalue weighted by molar-refractivity contribution is 8.00. The predicted octanol–water partition coefficient (Wildman–Crippen LogP) is 2.24. The minimum absolute atomic E-state index is 0.0341. The molecule has 0 bridgehead atoms. The summed E-state index contributed by atoms with van der Waals surface area (Å²) >= 11 is 1.36. The molecule has 2 rings (SSSR count). The number of esters is 1. The Kier molecular flexibility index (Phi) is 7.74. The van der Waals surface area contributed by atoms with E-state index in [1.54, 1.807) is 18.5 Å². The molecule has 1 heterocycles. The average molecular weight is 369 g/mol. The summed E-state index contributed by atoms with van der Waals surface area (Å²) in [5.74, 6) is 0.248. The summed E-state index contributed by atoms with van der Waals surface area (Å²) in [5, 5.41) is 11.7. The van der Waals surface area contributed by atoms with Crippen LogP contribution in [0, 0.1) is 0 Å². The molecule has 1 N–H and O–H groups in total. The summed E-state index contributed by atoms with van der Waals surface area (Å²) in [6.07, 6.45) is 7.12. The van der Waals surface area contributed by atoms with Gasteiger partial charge in [-0.3, -0.25) is 9.59 Å². The minimum Gasteiger partial charge on any atom is -0.466 e. The second kappa shape index (κ2) is 9.79. The molecule has 1 amide bonds. The molecular formula is C17H28N4O3S. The lowest BCUT2D eigenvalue weighted by atomic mass is 10.1. The number of rotatable bonds is 7. The maximum atomic E-state index is 12.4. The molecule has 1 aliphatic carbocycles. The molecule has 0 aromatic carbocycles. The molecule has 0 radical (unpaired) electrons. The number of thioether (sulfide) groups is 1. The molecule has 7 nitrogen and oxygen atoms in total. The predicted molar refractivity (Wildman–Crippen MR) is 96.3 cm³/mol. The van der Waals surface area contributed by atoms with Crippen LogP contribution in [0.3, 0.4) is 0 Å². The number of aromatic nitrogens is 3. The van der Waals surface area contributed by atoms with Crippen molar-refractivity contribution >= 4 is 23.6 Å². The van der Waals surface area contributed by atoms with E-state index >= 15 is 0 Å². The first-order valence-corrected chi connectivity index (χ1v) is 9.90. The number of carbonyl (C=O) groups excluding carboxylic acids is 2. The van der Waals surface area contributed by atoms with Gasteiger partial charge < -0.3 is 14.6 Å². The third-order valence-corrected chi connectivity index (χ3v) is 5.52. The van der Waals surface area contributed by atoms with Gasteiger partial charge in [-0.25, -0.2) is 0 Å². The Labute approximate surface area is 153 Å². The Bertz CT molecular complexity index is 582. The minimum atomic E-state index is -0.325. The van der Waals surface area contributed by atoms with E-state index in [0.29, 0.717) is 17.6 Å². The van der Waals surface area contributed by atoms with Crippen LogP contribution < -0.4 is 5.32 Å². The van der Waals surface area contributed by atoms with E-state index in [-0.39, 0.29) is 29.6 Å². The zero-order valence-electron chi connectivity index (χ0n) is 15.3. The molecule has 0 saturated heterocycles. The van der Waals surface area contributed by atoms with Crippen LogP contribution in [-0.4, -0.2) is 44.5 Å². The van der Waals surface area contributed by atoms with Gasteiger partial charge in [-0.15, -0.1) is 10.2 Å². The summed E-state index contributed by atoms with van der Waals surface area (Å²) in [7, 11) is 1.80. The molecule has 1 saturated carbocycles. The number of ether oxygens (including phenoxy) is 1. The van der Waals surface area contributed by atoms with Crippen LogP contribution in [0.25, 0.3) is 0 Å². The maximum absolute atomic E-state index is 12.4. The van der Waals surface area contributed by atoms with Gasteiger partial charge in [0.2, 0.25) is 5.91 Å². The largest absolute Gasteiger partial charge is 0.466 e. The topological polar surface area (TPSA) is 86.1 Å². The first-order valence-electron chi connectivity index (χ1n) is 9.02. The van der Waals surface area contributed by atoms with Gasteiger partial charge in [-0.05, 0) is 26.7 Å². The molecule has 25 heavy (non-hydrogen) atoms. The van der Waals surface area contributed by atoms with Crippen molar-refractivity contribution in [1.82, 2.24) is 20.1 Å². The van der Waals surface area contributed by atoms with Crippen molar-refractivity contribution in [2.75, 3.05) is 6.61 Å². The van der Waals surface area contributed by atoms with Crippen LogP contribution in [0.1, 0.15) is 58.2 Å². The third kappa shape index (κ3) is 6.02. The number of nitrogens with zero attached hydrogens (tertiary/aromatic N) is 3. The third-order valence-electron chi connectivity index (χ3n) is 4.39. The Hall–Kier alpha value is -1.57. The summed E-state index contributed by atoms with van der Waals surface area (Å²) in [5.41, 5.74) is 0. The van der Waals surface area contributed by atoms with Crippen LogP contribution in [0.5, 0.6) is 0 Å². The summed E-state index contributed by atoms with van der Waals surface area (Å²) in [6.45, 7) is 3.98. The van der Waals surface area contributed by atoms with Crippen molar-refractivity contribution in [3.05, 3.63) is 5.82 Å². The zero-order chi connectivity index (χ0) is 18.2. The number of hydrogen-bond acceptors (Lipinski definition) is 6. The number of hydrogen-bond donors (Lipinski definition) is 1. The highest BCUT2D eigenvalue weighted by Crippen LogP contribution is 2.23. The summed E-state index contributed by atoms with van der Waals surface area (Å²) in [6, 6.07) is 0.289. The molecule has 0 spiro atoms. The lowest BCUT2D eigenvalue weighted by Gasteiger charge is -2.19. The molecule has 8 heteroatoms. The van der Waals surface area contributed by atoms with Crippen LogP contribution in [0.2, 0.25) is 0 Å². The van der Waals surface area contributed by atoms with E-state index in [0.717, 1.165) is 12.8 Å². The summed E-state index contributed by atoms with van der Waals surface area (Å²) < 4.78 is 6.68. The molecule has 140 valence electrons. The SMILES string of the molecule is CCOC(=O)Cc1nnc(S[C@@H](C)C(=O)NC2CCCCCC2)n1C. The molecule has 1 fully saturated rings. The molecule has 0 aliphatic heterocycles. The van der Waals surface area contributed by atoms with E-state index < -0.39 is 0 Å². The smallest absolute Gasteiger partial charge is 0.313 e. The number of nitrogens with one attached hydrogen (secondary N) is 1. The first-order chi connectivity index (χ1) is 12.0. The van der Waals surface area contributed by atoms with Gasteiger partial charge in [0.05, 0.1) is 11.9 Å². The second-order valence-electron chi connectivity index (χ2n) is 6.40. The molecule has 0 unspecified atom stereocenters. The van der Waals surface area contributed by atoms with Gasteiger partial charge in [-0.2, -0.15) is 0 Å². The van der Waals surface area contributed by atoms with Gasteiger partial charge in [0.1, 0.15) is 12.2 Å². The lowest BCUT2D eigenvalue weighted by Crippen LogP contribution is -2.39. The van der Waals surface area contributed by atoms with Gasteiger partial charge in [0.25, 0.3) is 0 Å². The van der Waals surface area contributed by atoms with E-state index in [1.807, 2.05) is 6.92 Å². The monoisotopic (exact) mass is 368 g/mol. The van der Waals surface area contributed by atoms with E-state index in [4.69, 9.17) is 4.74 Å². The van der Waals surface area contributed by atoms with Gasteiger partial charge >= 0.3 is 5.97 Å². The standard InChI is InChI=1S/C17H28N4O3S/c1-4-24-15(22)11-14-19-20-17(21(14)3)25-12(2)16(23)18-13-9-7-5-6-8-10-13/h12-13H,4-11H2,1-3H3,(H,18,23)/t12-/m0/s1. The lowest BCUT2D eigenvalue weighted by molar-refractivity contribution is -0.142. The quantitative estimate of drug-likeness (QED) is 0.451. The molecule has 1 atom stereocenters. The van der Waals surface area contributed by atoms with Crippen molar-refractivity contribution in [1.29, 1.82) is 0 Å². The average Bonchev–Trinajstić information content (AvgIpc) is 2.78. The fourth-order valence-corrected chi connectivity index (χ4v) is 3.74. The van der Waals surface area contributed by atoms with Crippen molar-refractivity contribution in [2.45, 2.75) is 75.2 Å². The Morgan fingerprint density at radius 1 is 1.28 bits per heavy atom. The number of amides is 1. The molecule has 1 aromatic heterocycles. The van der Waals surface area contributed by atoms with E-state index in [1.165, 1.54) is 37.4 Å². The van der Waals surface area contributed by atoms with Gasteiger partial charge in [0.15, 0.2) is 5.16 Å². The van der Waals surface area contributed by atoms with Crippen molar-refractivity contribution in [2.24, 2.45) is 7.05 Å². The summed E-state index contributed by atoms with van der Waals surface area (Å²) in [4.78, 5) is 24.0. The first kappa shape index (κ1) is 19.8.